The van der Waals surface area contributed by atoms with Crippen molar-refractivity contribution in [3.63, 3.8) is 0 Å². The van der Waals surface area contributed by atoms with E-state index in [1.165, 1.54) is 22.5 Å². The summed E-state index contributed by atoms with van der Waals surface area (Å²) in [4.78, 5) is 13.8. The Balaban J connectivity index is 2.01. The predicted octanol–water partition coefficient (Wildman–Crippen LogP) is 1.69. The SMILES string of the molecule is O=c1[nH]c2cc(S(=O)(=O)N3CCCCCC3)ccc2o1. The van der Waals surface area contributed by atoms with Crippen LogP contribution in [0.4, 0.5) is 0 Å². The molecule has 2 aromatic rings. The van der Waals surface area contributed by atoms with E-state index in [0.29, 0.717) is 24.2 Å². The van der Waals surface area contributed by atoms with Gasteiger partial charge < -0.3 is 4.42 Å². The lowest BCUT2D eigenvalue weighted by Crippen LogP contribution is -2.31. The van der Waals surface area contributed by atoms with Crippen molar-refractivity contribution >= 4 is 21.1 Å². The Labute approximate surface area is 116 Å². The molecule has 1 N–H and O–H groups in total. The molecule has 0 bridgehead atoms. The van der Waals surface area contributed by atoms with Gasteiger partial charge in [0.05, 0.1) is 10.4 Å². The maximum Gasteiger partial charge on any atom is 0.417 e. The van der Waals surface area contributed by atoms with Crippen LogP contribution < -0.4 is 5.76 Å². The van der Waals surface area contributed by atoms with Gasteiger partial charge in [-0.15, -0.1) is 0 Å². The molecule has 0 aliphatic carbocycles. The number of hydrogen-bond donors (Lipinski definition) is 1. The van der Waals surface area contributed by atoms with Crippen molar-refractivity contribution in [2.75, 3.05) is 13.1 Å². The first-order valence-electron chi connectivity index (χ1n) is 6.70. The molecule has 0 radical (unpaired) electrons. The van der Waals surface area contributed by atoms with E-state index in [4.69, 9.17) is 4.42 Å². The van der Waals surface area contributed by atoms with Gasteiger partial charge in [-0.05, 0) is 31.0 Å². The fraction of sp³-hybridized carbons (Fsp3) is 0.462. The quantitative estimate of drug-likeness (QED) is 0.914. The van der Waals surface area contributed by atoms with Crippen LogP contribution in [0.15, 0.2) is 32.3 Å². The van der Waals surface area contributed by atoms with Crippen molar-refractivity contribution in [3.8, 4) is 0 Å². The summed E-state index contributed by atoms with van der Waals surface area (Å²) in [7, 11) is -3.50. The van der Waals surface area contributed by atoms with E-state index in [2.05, 4.69) is 4.98 Å². The highest BCUT2D eigenvalue weighted by atomic mass is 32.2. The van der Waals surface area contributed by atoms with E-state index in [-0.39, 0.29) is 4.90 Å². The normalized spacial score (nSPS) is 18.2. The monoisotopic (exact) mass is 296 g/mol. The van der Waals surface area contributed by atoms with Gasteiger partial charge in [-0.2, -0.15) is 4.31 Å². The fourth-order valence-electron chi connectivity index (χ4n) is 2.52. The minimum absolute atomic E-state index is 0.198. The van der Waals surface area contributed by atoms with E-state index in [1.54, 1.807) is 0 Å². The third-order valence-electron chi connectivity index (χ3n) is 3.59. The Hall–Kier alpha value is -1.60. The lowest BCUT2D eigenvalue weighted by molar-refractivity contribution is 0.424. The molecule has 0 atom stereocenters. The van der Waals surface area contributed by atoms with Crippen LogP contribution in [0.3, 0.4) is 0 Å². The van der Waals surface area contributed by atoms with Crippen molar-refractivity contribution in [1.82, 2.24) is 9.29 Å². The van der Waals surface area contributed by atoms with Gasteiger partial charge in [0.1, 0.15) is 0 Å². The van der Waals surface area contributed by atoms with Crippen molar-refractivity contribution in [2.24, 2.45) is 0 Å². The van der Waals surface area contributed by atoms with Crippen molar-refractivity contribution < 1.29 is 12.8 Å². The molecule has 0 amide bonds. The number of hydrogen-bond acceptors (Lipinski definition) is 4. The summed E-state index contributed by atoms with van der Waals surface area (Å²) >= 11 is 0. The Kier molecular flexibility index (Phi) is 3.39. The standard InChI is InChI=1S/C13H16N2O4S/c16-13-14-11-9-10(5-6-12(11)19-13)20(17,18)15-7-3-1-2-4-8-15/h5-6,9H,1-4,7-8H2,(H,14,16). The third kappa shape index (κ3) is 2.38. The molecule has 1 aliphatic heterocycles. The number of H-pyrrole nitrogens is 1. The predicted molar refractivity (Wildman–Crippen MR) is 74.1 cm³/mol. The average Bonchev–Trinajstić information content (AvgIpc) is 2.63. The zero-order chi connectivity index (χ0) is 14.2. The molecule has 0 saturated carbocycles. The summed E-state index contributed by atoms with van der Waals surface area (Å²) in [5.74, 6) is -0.579. The maximum atomic E-state index is 12.6. The highest BCUT2D eigenvalue weighted by Crippen LogP contribution is 2.22. The molecule has 1 fully saturated rings. The highest BCUT2D eigenvalue weighted by molar-refractivity contribution is 7.89. The van der Waals surface area contributed by atoms with Crippen LogP contribution in [0.1, 0.15) is 25.7 Å². The topological polar surface area (TPSA) is 83.4 Å². The molecule has 2 heterocycles. The van der Waals surface area contributed by atoms with E-state index in [9.17, 15) is 13.2 Å². The second-order valence-corrected chi connectivity index (χ2v) is 6.93. The first kappa shape index (κ1) is 13.4. The summed E-state index contributed by atoms with van der Waals surface area (Å²) in [6.45, 7) is 1.12. The molecule has 0 spiro atoms. The zero-order valence-corrected chi connectivity index (χ0v) is 11.8. The number of rotatable bonds is 2. The van der Waals surface area contributed by atoms with Gasteiger partial charge in [0, 0.05) is 13.1 Å². The number of aromatic amines is 1. The largest absolute Gasteiger partial charge is 0.417 e. The Morgan fingerprint density at radius 3 is 2.50 bits per heavy atom. The number of oxazole rings is 1. The number of sulfonamides is 1. The van der Waals surface area contributed by atoms with Crippen molar-refractivity contribution in [3.05, 3.63) is 28.7 Å². The summed E-state index contributed by atoms with van der Waals surface area (Å²) in [6.07, 6.45) is 3.92. The first-order valence-corrected chi connectivity index (χ1v) is 8.14. The Morgan fingerprint density at radius 2 is 1.80 bits per heavy atom. The van der Waals surface area contributed by atoms with Gasteiger partial charge >= 0.3 is 5.76 Å². The van der Waals surface area contributed by atoms with Gasteiger partial charge in [-0.25, -0.2) is 13.2 Å². The molecule has 1 aromatic carbocycles. The molecular weight excluding hydrogens is 280 g/mol. The maximum absolute atomic E-state index is 12.6. The van der Waals surface area contributed by atoms with Crippen LogP contribution >= 0.6 is 0 Å². The Morgan fingerprint density at radius 1 is 1.10 bits per heavy atom. The molecule has 3 rings (SSSR count). The van der Waals surface area contributed by atoms with Gasteiger partial charge in [0.15, 0.2) is 5.58 Å². The molecule has 1 saturated heterocycles. The van der Waals surface area contributed by atoms with E-state index in [0.717, 1.165) is 25.7 Å². The van der Waals surface area contributed by atoms with E-state index in [1.807, 2.05) is 0 Å². The van der Waals surface area contributed by atoms with Crippen LogP contribution in [0.2, 0.25) is 0 Å². The lowest BCUT2D eigenvalue weighted by Gasteiger charge is -2.19. The fourth-order valence-corrected chi connectivity index (χ4v) is 4.07. The molecule has 0 unspecified atom stereocenters. The second-order valence-electron chi connectivity index (χ2n) is 4.99. The minimum atomic E-state index is -3.50. The second kappa shape index (κ2) is 5.06. The number of nitrogens with zero attached hydrogens (tertiary/aromatic N) is 1. The summed E-state index contributed by atoms with van der Waals surface area (Å²) in [5, 5.41) is 0. The Bertz CT molecular complexity index is 767. The lowest BCUT2D eigenvalue weighted by atomic mass is 10.2. The molecular formula is C13H16N2O4S. The third-order valence-corrected chi connectivity index (χ3v) is 5.49. The highest BCUT2D eigenvalue weighted by Gasteiger charge is 2.25. The molecule has 20 heavy (non-hydrogen) atoms. The van der Waals surface area contributed by atoms with Gasteiger partial charge in [0.25, 0.3) is 0 Å². The summed E-state index contributed by atoms with van der Waals surface area (Å²) < 4.78 is 31.6. The van der Waals surface area contributed by atoms with Crippen molar-refractivity contribution in [1.29, 1.82) is 0 Å². The van der Waals surface area contributed by atoms with Crippen LogP contribution in [-0.2, 0) is 10.0 Å². The number of fused-ring (bicyclic) bond motifs is 1. The van der Waals surface area contributed by atoms with Crippen LogP contribution in [0.25, 0.3) is 11.1 Å². The summed E-state index contributed by atoms with van der Waals surface area (Å²) in [6, 6.07) is 4.46. The minimum Gasteiger partial charge on any atom is -0.408 e. The molecule has 108 valence electrons. The van der Waals surface area contributed by atoms with Gasteiger partial charge in [-0.3, -0.25) is 4.98 Å². The van der Waals surface area contributed by atoms with Gasteiger partial charge in [0.2, 0.25) is 10.0 Å². The zero-order valence-electron chi connectivity index (χ0n) is 11.0. The molecule has 1 aliphatic rings. The van der Waals surface area contributed by atoms with Crippen molar-refractivity contribution in [2.45, 2.75) is 30.6 Å². The van der Waals surface area contributed by atoms with Crippen LogP contribution in [0.5, 0.6) is 0 Å². The smallest absolute Gasteiger partial charge is 0.408 e. The average molecular weight is 296 g/mol. The molecule has 7 heteroatoms. The molecule has 6 nitrogen and oxygen atoms in total. The summed E-state index contributed by atoms with van der Waals surface area (Å²) in [5.41, 5.74) is 0.774. The van der Waals surface area contributed by atoms with E-state index >= 15 is 0 Å². The molecule has 1 aromatic heterocycles. The number of nitrogens with one attached hydrogen (secondary N) is 1. The first-order chi connectivity index (χ1) is 9.57. The van der Waals surface area contributed by atoms with Gasteiger partial charge in [-0.1, -0.05) is 12.8 Å². The number of benzene rings is 1. The number of aromatic nitrogens is 1. The van der Waals surface area contributed by atoms with Crippen LogP contribution in [0, 0.1) is 0 Å². The van der Waals surface area contributed by atoms with E-state index < -0.39 is 15.8 Å². The van der Waals surface area contributed by atoms with Crippen LogP contribution in [-0.4, -0.2) is 30.8 Å².